The van der Waals surface area contributed by atoms with Crippen LogP contribution in [0.4, 0.5) is 0 Å². The van der Waals surface area contributed by atoms with E-state index in [0.29, 0.717) is 0 Å². The van der Waals surface area contributed by atoms with Gasteiger partial charge in [0, 0.05) is 17.7 Å². The lowest BCUT2D eigenvalue weighted by atomic mass is 9.85. The van der Waals surface area contributed by atoms with Crippen molar-refractivity contribution in [2.24, 2.45) is 7.05 Å². The molecule has 0 radical (unpaired) electrons. The van der Waals surface area contributed by atoms with E-state index in [-0.39, 0.29) is 5.41 Å². The Morgan fingerprint density at radius 1 is 0.955 bits per heavy atom. The Hall–Kier alpha value is -1.41. The van der Waals surface area contributed by atoms with Crippen molar-refractivity contribution in [1.29, 1.82) is 0 Å². The van der Waals surface area contributed by atoms with Crippen molar-refractivity contribution in [2.45, 2.75) is 52.8 Å². The van der Waals surface area contributed by atoms with Crippen molar-refractivity contribution in [3.63, 3.8) is 0 Å². The summed E-state index contributed by atoms with van der Waals surface area (Å²) in [5, 5.41) is 1.51. The van der Waals surface area contributed by atoms with Crippen LogP contribution in [0.15, 0.2) is 36.5 Å². The summed E-state index contributed by atoms with van der Waals surface area (Å²) in [5.74, 6) is 0. The highest BCUT2D eigenvalue weighted by atomic mass is 28.3. The van der Waals surface area contributed by atoms with Crippen LogP contribution >= 0.6 is 0 Å². The minimum atomic E-state index is -1.30. The summed E-state index contributed by atoms with van der Waals surface area (Å²) >= 11 is 0. The van der Waals surface area contributed by atoms with Crippen molar-refractivity contribution >= 4 is 13.3 Å². The van der Waals surface area contributed by atoms with Gasteiger partial charge in [-0.1, -0.05) is 52.5 Å². The Balaban J connectivity index is 2.66. The maximum absolute atomic E-state index is 2.41. The molecule has 0 saturated carbocycles. The fourth-order valence-electron chi connectivity index (χ4n) is 2.67. The largest absolute Gasteiger partial charge is 0.212 e. The molecule has 0 aliphatic rings. The van der Waals surface area contributed by atoms with Crippen molar-refractivity contribution in [3.8, 4) is 11.3 Å². The highest BCUT2D eigenvalue weighted by Crippen LogP contribution is 2.28. The lowest BCUT2D eigenvalue weighted by Gasteiger charge is -2.21. The first kappa shape index (κ1) is 16.9. The molecule has 0 spiro atoms. The first-order chi connectivity index (χ1) is 10.00. The van der Waals surface area contributed by atoms with E-state index in [4.69, 9.17) is 0 Å². The molecule has 1 heterocycles. The van der Waals surface area contributed by atoms with Gasteiger partial charge in [-0.05, 0) is 34.7 Å². The van der Waals surface area contributed by atoms with E-state index in [1.807, 2.05) is 0 Å². The van der Waals surface area contributed by atoms with Crippen LogP contribution in [-0.2, 0) is 12.5 Å². The summed E-state index contributed by atoms with van der Waals surface area (Å²) in [4.78, 5) is 0. The predicted molar refractivity (Wildman–Crippen MR) is 99.5 cm³/mol. The van der Waals surface area contributed by atoms with E-state index in [0.717, 1.165) is 0 Å². The third-order valence-electron chi connectivity index (χ3n) is 4.40. The van der Waals surface area contributed by atoms with Crippen molar-refractivity contribution in [1.82, 2.24) is 0 Å². The van der Waals surface area contributed by atoms with Gasteiger partial charge in [-0.3, -0.25) is 0 Å². The van der Waals surface area contributed by atoms with E-state index in [9.17, 15) is 0 Å². The van der Waals surface area contributed by atoms with Gasteiger partial charge in [-0.25, -0.2) is 4.57 Å². The van der Waals surface area contributed by atoms with Gasteiger partial charge >= 0.3 is 0 Å². The Kier molecular flexibility index (Phi) is 4.36. The first-order valence-electron chi connectivity index (χ1n) is 8.12. The van der Waals surface area contributed by atoms with Gasteiger partial charge < -0.3 is 0 Å². The number of rotatable bonds is 2. The Morgan fingerprint density at radius 2 is 1.59 bits per heavy atom. The number of nitrogens with zero attached hydrogens (tertiary/aromatic N) is 1. The summed E-state index contributed by atoms with van der Waals surface area (Å²) in [5.41, 5.74) is 5.60. The quantitative estimate of drug-likeness (QED) is 0.574. The Labute approximate surface area is 137 Å². The van der Waals surface area contributed by atoms with Crippen LogP contribution in [0.5, 0.6) is 0 Å². The lowest BCUT2D eigenvalue weighted by Crippen LogP contribution is -2.42. The Morgan fingerprint density at radius 3 is 2.14 bits per heavy atom. The average molecular weight is 313 g/mol. The van der Waals surface area contributed by atoms with Crippen molar-refractivity contribution in [2.75, 3.05) is 0 Å². The Bertz CT molecular complexity index is 626. The monoisotopic (exact) mass is 312 g/mol. The number of pyridine rings is 1. The summed E-state index contributed by atoms with van der Waals surface area (Å²) in [6.45, 7) is 16.3. The zero-order chi connectivity index (χ0) is 16.7. The topological polar surface area (TPSA) is 3.88 Å². The van der Waals surface area contributed by atoms with Crippen LogP contribution in [0, 0.1) is 6.92 Å². The summed E-state index contributed by atoms with van der Waals surface area (Å²) < 4.78 is 2.25. The highest BCUT2D eigenvalue weighted by Gasteiger charge is 2.23. The van der Waals surface area contributed by atoms with Gasteiger partial charge in [-0.2, -0.15) is 0 Å². The fraction of sp³-hybridized carbons (Fsp3) is 0.450. The van der Waals surface area contributed by atoms with Crippen LogP contribution in [0.2, 0.25) is 19.6 Å². The highest BCUT2D eigenvalue weighted by molar-refractivity contribution is 6.88. The van der Waals surface area contributed by atoms with Gasteiger partial charge in [-0.15, -0.1) is 0 Å². The zero-order valence-corrected chi connectivity index (χ0v) is 16.4. The van der Waals surface area contributed by atoms with Crippen LogP contribution in [-0.4, -0.2) is 8.07 Å². The first-order valence-corrected chi connectivity index (χ1v) is 11.6. The standard InChI is InChI=1S/C20H30NSi/c1-15-9-10-16(20(2,3)4)13-18(15)19-14-17(22(6,7)8)11-12-21(19)5/h9-14H,1-8H3/q+1. The van der Waals surface area contributed by atoms with Crippen LogP contribution in [0.25, 0.3) is 11.3 Å². The molecule has 118 valence electrons. The van der Waals surface area contributed by atoms with E-state index < -0.39 is 8.07 Å². The average Bonchev–Trinajstić information content (AvgIpc) is 2.37. The number of benzene rings is 1. The summed E-state index contributed by atoms with van der Waals surface area (Å²) in [6, 6.07) is 11.6. The van der Waals surface area contributed by atoms with E-state index in [1.165, 1.54) is 27.6 Å². The molecule has 0 atom stereocenters. The molecule has 2 rings (SSSR count). The van der Waals surface area contributed by atoms with Crippen LogP contribution in [0.1, 0.15) is 31.9 Å². The number of hydrogen-bond acceptors (Lipinski definition) is 0. The SMILES string of the molecule is Cc1ccc(C(C)(C)C)cc1-c1cc([Si](C)(C)C)cc[n+]1C. The molecule has 22 heavy (non-hydrogen) atoms. The zero-order valence-electron chi connectivity index (χ0n) is 15.4. The third-order valence-corrected chi connectivity index (χ3v) is 6.44. The molecule has 2 heteroatoms. The molecular weight excluding hydrogens is 282 g/mol. The predicted octanol–water partition coefficient (Wildman–Crippen LogP) is 4.33. The molecule has 1 aromatic heterocycles. The molecule has 0 aliphatic heterocycles. The fourth-order valence-corrected chi connectivity index (χ4v) is 3.81. The molecule has 0 bridgehead atoms. The van der Waals surface area contributed by atoms with Gasteiger partial charge in [0.1, 0.15) is 7.05 Å². The molecule has 1 aromatic carbocycles. The normalized spacial score (nSPS) is 12.5. The van der Waals surface area contributed by atoms with Gasteiger partial charge in [0.15, 0.2) is 6.20 Å². The molecule has 0 fully saturated rings. The third kappa shape index (κ3) is 3.49. The maximum Gasteiger partial charge on any atom is 0.212 e. The van der Waals surface area contributed by atoms with Gasteiger partial charge in [0.2, 0.25) is 5.69 Å². The summed E-state index contributed by atoms with van der Waals surface area (Å²) in [6.07, 6.45) is 2.21. The number of aromatic nitrogens is 1. The van der Waals surface area contributed by atoms with Crippen LogP contribution < -0.4 is 9.75 Å². The second kappa shape index (κ2) is 5.66. The van der Waals surface area contributed by atoms with Crippen molar-refractivity contribution in [3.05, 3.63) is 47.7 Å². The second-order valence-electron chi connectivity index (χ2n) is 8.44. The van der Waals surface area contributed by atoms with E-state index in [1.54, 1.807) is 0 Å². The molecule has 0 amide bonds. The molecule has 0 aliphatic carbocycles. The minimum Gasteiger partial charge on any atom is -0.201 e. The molecular formula is C20H30NSi+. The summed E-state index contributed by atoms with van der Waals surface area (Å²) in [7, 11) is 0.844. The minimum absolute atomic E-state index is 0.178. The molecule has 0 unspecified atom stereocenters. The van der Waals surface area contributed by atoms with Crippen molar-refractivity contribution < 1.29 is 4.57 Å². The van der Waals surface area contributed by atoms with E-state index in [2.05, 4.69) is 95.5 Å². The molecule has 1 nitrogen and oxygen atoms in total. The smallest absolute Gasteiger partial charge is 0.201 e. The molecule has 0 saturated heterocycles. The molecule has 0 N–H and O–H groups in total. The maximum atomic E-state index is 2.41. The number of aryl methyl sites for hydroxylation is 2. The van der Waals surface area contributed by atoms with Crippen LogP contribution in [0.3, 0.4) is 0 Å². The second-order valence-corrected chi connectivity index (χ2v) is 13.5. The van der Waals surface area contributed by atoms with E-state index >= 15 is 0 Å². The number of hydrogen-bond donors (Lipinski definition) is 0. The van der Waals surface area contributed by atoms with Gasteiger partial charge in [0.05, 0.1) is 8.07 Å². The van der Waals surface area contributed by atoms with Gasteiger partial charge in [0.25, 0.3) is 0 Å². The lowest BCUT2D eigenvalue weighted by molar-refractivity contribution is -0.660. The molecule has 2 aromatic rings.